The summed E-state index contributed by atoms with van der Waals surface area (Å²) in [5, 5.41) is 3.46. The third-order valence-electron chi connectivity index (χ3n) is 2.19. The van der Waals surface area contributed by atoms with Crippen LogP contribution in [0.3, 0.4) is 0 Å². The smallest absolute Gasteiger partial charge is 0.0809 e. The summed E-state index contributed by atoms with van der Waals surface area (Å²) in [7, 11) is 0. The first-order valence-corrected chi connectivity index (χ1v) is 5.11. The molecule has 1 aliphatic rings. The van der Waals surface area contributed by atoms with Gasteiger partial charge < -0.3 is 5.32 Å². The average molecular weight is 189 g/mol. The number of nitrogens with one attached hydrogen (secondary N) is 1. The van der Waals surface area contributed by atoms with E-state index in [1.165, 1.54) is 12.8 Å². The summed E-state index contributed by atoms with van der Waals surface area (Å²) >= 11 is 0. The van der Waals surface area contributed by atoms with Crippen molar-refractivity contribution in [3.63, 3.8) is 0 Å². The summed E-state index contributed by atoms with van der Waals surface area (Å²) in [6, 6.07) is 0.805. The van der Waals surface area contributed by atoms with Gasteiger partial charge in [0.1, 0.15) is 0 Å². The molecule has 1 saturated carbocycles. The van der Waals surface area contributed by atoms with Crippen LogP contribution in [0.15, 0.2) is 24.7 Å². The minimum atomic E-state index is 0.805. The third kappa shape index (κ3) is 3.26. The van der Waals surface area contributed by atoms with Crippen molar-refractivity contribution >= 4 is 6.08 Å². The molecule has 2 rings (SSSR count). The average Bonchev–Trinajstić information content (AvgIpc) is 3.03. The van der Waals surface area contributed by atoms with Crippen LogP contribution in [-0.2, 0) is 0 Å². The van der Waals surface area contributed by atoms with Crippen LogP contribution in [0.25, 0.3) is 6.08 Å². The van der Waals surface area contributed by atoms with Gasteiger partial charge in [0.15, 0.2) is 0 Å². The van der Waals surface area contributed by atoms with Gasteiger partial charge in [-0.1, -0.05) is 6.08 Å². The maximum atomic E-state index is 4.15. The van der Waals surface area contributed by atoms with Gasteiger partial charge in [-0.2, -0.15) is 0 Å². The monoisotopic (exact) mass is 189 g/mol. The van der Waals surface area contributed by atoms with Gasteiger partial charge in [-0.15, -0.1) is 0 Å². The second-order valence-electron chi connectivity index (χ2n) is 3.55. The quantitative estimate of drug-likeness (QED) is 0.715. The molecule has 0 aromatic carbocycles. The maximum Gasteiger partial charge on any atom is 0.0809 e. The van der Waals surface area contributed by atoms with E-state index in [0.29, 0.717) is 0 Å². The Morgan fingerprint density at radius 2 is 2.36 bits per heavy atom. The van der Waals surface area contributed by atoms with Gasteiger partial charge in [-0.05, 0) is 31.9 Å². The van der Waals surface area contributed by atoms with Gasteiger partial charge in [0.05, 0.1) is 11.9 Å². The number of aromatic nitrogens is 2. The molecule has 0 radical (unpaired) electrons. The van der Waals surface area contributed by atoms with Gasteiger partial charge in [-0.25, -0.2) is 0 Å². The van der Waals surface area contributed by atoms with Gasteiger partial charge in [0, 0.05) is 18.4 Å². The van der Waals surface area contributed by atoms with Crippen molar-refractivity contribution in [3.8, 4) is 0 Å². The van der Waals surface area contributed by atoms with Crippen molar-refractivity contribution in [1.82, 2.24) is 15.3 Å². The Balaban J connectivity index is 1.66. The van der Waals surface area contributed by atoms with Crippen molar-refractivity contribution in [2.75, 3.05) is 6.54 Å². The molecule has 0 unspecified atom stereocenters. The third-order valence-corrected chi connectivity index (χ3v) is 2.19. The summed E-state index contributed by atoms with van der Waals surface area (Å²) in [6.07, 6.45) is 13.1. The predicted octanol–water partition coefficient (Wildman–Crippen LogP) is 1.63. The number of nitrogens with zero attached hydrogens (tertiary/aromatic N) is 2. The lowest BCUT2D eigenvalue weighted by molar-refractivity contribution is 0.691. The van der Waals surface area contributed by atoms with E-state index in [-0.39, 0.29) is 0 Å². The fourth-order valence-corrected chi connectivity index (χ4v) is 1.26. The molecule has 0 bridgehead atoms. The van der Waals surface area contributed by atoms with Gasteiger partial charge in [0.2, 0.25) is 0 Å². The molecule has 1 aromatic heterocycles. The minimum Gasteiger partial charge on any atom is -0.314 e. The topological polar surface area (TPSA) is 37.8 Å². The molecule has 0 saturated heterocycles. The van der Waals surface area contributed by atoms with Crippen LogP contribution in [0.4, 0.5) is 0 Å². The van der Waals surface area contributed by atoms with Crippen molar-refractivity contribution < 1.29 is 0 Å². The Morgan fingerprint density at radius 3 is 3.07 bits per heavy atom. The van der Waals surface area contributed by atoms with E-state index in [2.05, 4.69) is 21.4 Å². The summed E-state index contributed by atoms with van der Waals surface area (Å²) < 4.78 is 0. The number of rotatable bonds is 5. The predicted molar refractivity (Wildman–Crippen MR) is 56.7 cm³/mol. The summed E-state index contributed by atoms with van der Waals surface area (Å²) in [6.45, 7) is 1.07. The van der Waals surface area contributed by atoms with E-state index in [4.69, 9.17) is 0 Å². The zero-order chi connectivity index (χ0) is 9.64. The van der Waals surface area contributed by atoms with Crippen LogP contribution in [0.1, 0.15) is 25.0 Å². The van der Waals surface area contributed by atoms with E-state index in [9.17, 15) is 0 Å². The first-order chi connectivity index (χ1) is 6.95. The van der Waals surface area contributed by atoms with Gasteiger partial charge >= 0.3 is 0 Å². The second kappa shape index (κ2) is 4.86. The minimum absolute atomic E-state index is 0.805. The SMILES string of the molecule is C(=Cc1cnccn1)CCNC1CC1. The zero-order valence-electron chi connectivity index (χ0n) is 8.19. The molecule has 0 amide bonds. The Kier molecular flexibility index (Phi) is 3.24. The largest absolute Gasteiger partial charge is 0.314 e. The van der Waals surface area contributed by atoms with E-state index in [1.54, 1.807) is 18.6 Å². The van der Waals surface area contributed by atoms with Gasteiger partial charge in [-0.3, -0.25) is 9.97 Å². The molecule has 0 spiro atoms. The first kappa shape index (κ1) is 9.34. The highest BCUT2D eigenvalue weighted by Crippen LogP contribution is 2.18. The molecular formula is C11H15N3. The van der Waals surface area contributed by atoms with Crippen LogP contribution < -0.4 is 5.32 Å². The highest BCUT2D eigenvalue weighted by atomic mass is 14.9. The standard InChI is InChI=1S/C11H15N3/c1(2-6-13-10-4-5-10)3-11-9-12-7-8-14-11/h1,3,7-10,13H,2,4-6H2. The first-order valence-electron chi connectivity index (χ1n) is 5.11. The Hall–Kier alpha value is -1.22. The molecule has 14 heavy (non-hydrogen) atoms. The molecule has 0 aliphatic heterocycles. The summed E-state index contributed by atoms with van der Waals surface area (Å²) in [5.74, 6) is 0. The second-order valence-corrected chi connectivity index (χ2v) is 3.55. The van der Waals surface area contributed by atoms with Crippen LogP contribution in [0.2, 0.25) is 0 Å². The van der Waals surface area contributed by atoms with Crippen LogP contribution in [0, 0.1) is 0 Å². The number of hydrogen-bond acceptors (Lipinski definition) is 3. The van der Waals surface area contributed by atoms with E-state index in [0.717, 1.165) is 24.7 Å². The van der Waals surface area contributed by atoms with Crippen molar-refractivity contribution in [2.24, 2.45) is 0 Å². The Morgan fingerprint density at radius 1 is 1.43 bits per heavy atom. The van der Waals surface area contributed by atoms with Crippen LogP contribution in [0.5, 0.6) is 0 Å². The lowest BCUT2D eigenvalue weighted by Gasteiger charge is -1.97. The van der Waals surface area contributed by atoms with E-state index in [1.807, 2.05) is 6.08 Å². The zero-order valence-corrected chi connectivity index (χ0v) is 8.19. The molecule has 74 valence electrons. The molecule has 1 aromatic rings. The molecule has 0 atom stereocenters. The maximum absolute atomic E-state index is 4.15. The Labute approximate surface area is 84.3 Å². The summed E-state index contributed by atoms with van der Waals surface area (Å²) in [4.78, 5) is 8.15. The van der Waals surface area contributed by atoms with E-state index >= 15 is 0 Å². The molecule has 1 heterocycles. The highest BCUT2D eigenvalue weighted by Gasteiger charge is 2.19. The molecule has 1 aliphatic carbocycles. The summed E-state index contributed by atoms with van der Waals surface area (Å²) in [5.41, 5.74) is 0.930. The molecule has 3 heteroatoms. The molecule has 1 N–H and O–H groups in total. The lowest BCUT2D eigenvalue weighted by Crippen LogP contribution is -2.16. The van der Waals surface area contributed by atoms with E-state index < -0.39 is 0 Å². The fourth-order valence-electron chi connectivity index (χ4n) is 1.26. The van der Waals surface area contributed by atoms with Crippen molar-refractivity contribution in [2.45, 2.75) is 25.3 Å². The van der Waals surface area contributed by atoms with Gasteiger partial charge in [0.25, 0.3) is 0 Å². The molecular weight excluding hydrogens is 174 g/mol. The fraction of sp³-hybridized carbons (Fsp3) is 0.455. The Bertz CT molecular complexity index is 291. The van der Waals surface area contributed by atoms with Crippen molar-refractivity contribution in [3.05, 3.63) is 30.4 Å². The van der Waals surface area contributed by atoms with Crippen LogP contribution in [-0.4, -0.2) is 22.6 Å². The lowest BCUT2D eigenvalue weighted by atomic mass is 10.3. The number of hydrogen-bond donors (Lipinski definition) is 1. The highest BCUT2D eigenvalue weighted by molar-refractivity contribution is 5.42. The van der Waals surface area contributed by atoms with Crippen molar-refractivity contribution in [1.29, 1.82) is 0 Å². The van der Waals surface area contributed by atoms with Crippen LogP contribution >= 0.6 is 0 Å². The molecule has 3 nitrogen and oxygen atoms in total. The normalized spacial score (nSPS) is 16.3. The molecule has 1 fully saturated rings.